The number of hydrogen-bond donors (Lipinski definition) is 1. The number of aromatic nitrogens is 5. The summed E-state index contributed by atoms with van der Waals surface area (Å²) in [5, 5.41) is 0. The third kappa shape index (κ3) is 8.85. The van der Waals surface area contributed by atoms with Crippen molar-refractivity contribution >= 4 is 5.70 Å². The molecule has 0 atom stereocenters. The predicted octanol–water partition coefficient (Wildman–Crippen LogP) is 13.3. The second-order valence-electron chi connectivity index (χ2n) is 14.7. The van der Waals surface area contributed by atoms with Crippen molar-refractivity contribution < 1.29 is 0 Å². The Morgan fingerprint density at radius 3 is 1.21 bits per heavy atom. The van der Waals surface area contributed by atoms with E-state index in [9.17, 15) is 0 Å². The maximum absolute atomic E-state index is 6.44. The highest BCUT2D eigenvalue weighted by atomic mass is 14.8. The van der Waals surface area contributed by atoms with Crippen molar-refractivity contribution in [2.24, 2.45) is 5.73 Å². The van der Waals surface area contributed by atoms with Crippen LogP contribution in [0.4, 0.5) is 0 Å². The highest BCUT2D eigenvalue weighted by molar-refractivity contribution is 5.85. The minimum atomic E-state index is 0.627. The number of nitrogens with zero attached hydrogens (tertiary/aromatic N) is 5. The predicted molar refractivity (Wildman–Crippen MR) is 251 cm³/mol. The summed E-state index contributed by atoms with van der Waals surface area (Å²) in [7, 11) is 0. The standard InChI is InChI=1S/C55H42N6/c1-2-3-4-21-47(56)51-27-12-24-48(59-51)41-18-9-15-38(32-41)44-35-45(39-16-10-19-42(33-39)49-25-13-28-54(60-49)52-22-5-7-30-57-52)37-46(36-44)40-17-11-20-43(34-40)50-26-14-29-55(61-50)53-23-6-8-31-58-53/h3-37H,2,56H2,1H3/b4-3-,47-21-. The number of nitrogens with two attached hydrogens (primary N) is 1. The quantitative estimate of drug-likeness (QED) is 0.131. The second-order valence-corrected chi connectivity index (χ2v) is 14.7. The van der Waals surface area contributed by atoms with Crippen LogP contribution in [0, 0.1) is 0 Å². The van der Waals surface area contributed by atoms with Gasteiger partial charge in [0.15, 0.2) is 0 Å². The fourth-order valence-electron chi connectivity index (χ4n) is 7.36. The molecule has 0 saturated carbocycles. The van der Waals surface area contributed by atoms with E-state index in [1.54, 1.807) is 12.4 Å². The molecule has 0 amide bonds. The molecule has 0 unspecified atom stereocenters. The van der Waals surface area contributed by atoms with Gasteiger partial charge in [0.1, 0.15) is 0 Å². The average Bonchev–Trinajstić information content (AvgIpc) is 3.34. The van der Waals surface area contributed by atoms with Crippen molar-refractivity contribution in [2.45, 2.75) is 13.3 Å². The van der Waals surface area contributed by atoms with Gasteiger partial charge in [-0.3, -0.25) is 9.97 Å². The lowest BCUT2D eigenvalue weighted by Crippen LogP contribution is -1.99. The van der Waals surface area contributed by atoms with Crippen molar-refractivity contribution in [1.82, 2.24) is 24.9 Å². The molecule has 0 spiro atoms. The van der Waals surface area contributed by atoms with Crippen molar-refractivity contribution in [3.8, 4) is 89.9 Å². The van der Waals surface area contributed by atoms with E-state index in [0.717, 1.165) is 102 Å². The van der Waals surface area contributed by atoms with Crippen molar-refractivity contribution in [2.75, 3.05) is 0 Å². The summed E-state index contributed by atoms with van der Waals surface area (Å²) >= 11 is 0. The number of benzene rings is 4. The fourth-order valence-corrected chi connectivity index (χ4v) is 7.36. The molecule has 9 rings (SSSR count). The van der Waals surface area contributed by atoms with Gasteiger partial charge in [-0.1, -0.05) is 104 Å². The van der Waals surface area contributed by atoms with E-state index < -0.39 is 0 Å². The Morgan fingerprint density at radius 1 is 0.393 bits per heavy atom. The lowest BCUT2D eigenvalue weighted by atomic mass is 9.91. The first-order valence-electron chi connectivity index (χ1n) is 20.4. The van der Waals surface area contributed by atoms with Crippen molar-refractivity contribution in [1.29, 1.82) is 0 Å². The Hall–Kier alpha value is -8.09. The third-order valence-electron chi connectivity index (χ3n) is 10.5. The molecule has 5 heterocycles. The molecule has 0 aliphatic heterocycles. The molecule has 0 radical (unpaired) electrons. The van der Waals surface area contributed by atoms with Crippen molar-refractivity contribution in [3.05, 3.63) is 218 Å². The highest BCUT2D eigenvalue weighted by Crippen LogP contribution is 2.37. The van der Waals surface area contributed by atoms with Gasteiger partial charge in [-0.2, -0.15) is 0 Å². The zero-order valence-corrected chi connectivity index (χ0v) is 33.7. The number of allylic oxidation sites excluding steroid dienone is 3. The number of pyridine rings is 5. The Balaban J connectivity index is 1.14. The largest absolute Gasteiger partial charge is 0.397 e. The summed E-state index contributed by atoms with van der Waals surface area (Å²) in [4.78, 5) is 24.1. The van der Waals surface area contributed by atoms with Gasteiger partial charge in [0.2, 0.25) is 0 Å². The van der Waals surface area contributed by atoms with Crippen molar-refractivity contribution in [3.63, 3.8) is 0 Å². The van der Waals surface area contributed by atoms with Gasteiger partial charge < -0.3 is 5.73 Å². The summed E-state index contributed by atoms with van der Waals surface area (Å²) in [6, 6.07) is 62.5. The molecule has 5 aromatic heterocycles. The number of hydrogen-bond acceptors (Lipinski definition) is 6. The Bertz CT molecular complexity index is 2880. The summed E-state index contributed by atoms with van der Waals surface area (Å²) < 4.78 is 0. The lowest BCUT2D eigenvalue weighted by Gasteiger charge is -2.14. The Labute approximate surface area is 356 Å². The summed E-state index contributed by atoms with van der Waals surface area (Å²) in [6.45, 7) is 2.10. The van der Waals surface area contributed by atoms with Gasteiger partial charge >= 0.3 is 0 Å². The minimum absolute atomic E-state index is 0.627. The molecular formula is C55H42N6. The van der Waals surface area contributed by atoms with Gasteiger partial charge in [-0.15, -0.1) is 0 Å². The van der Waals surface area contributed by atoms with E-state index in [1.807, 2.05) is 91.0 Å². The van der Waals surface area contributed by atoms with E-state index in [2.05, 4.69) is 126 Å². The first kappa shape index (κ1) is 38.4. The third-order valence-corrected chi connectivity index (χ3v) is 10.5. The van der Waals surface area contributed by atoms with Gasteiger partial charge in [0.05, 0.1) is 51.2 Å². The maximum atomic E-state index is 6.44. The molecule has 6 nitrogen and oxygen atoms in total. The van der Waals surface area contributed by atoms with E-state index in [4.69, 9.17) is 20.7 Å². The van der Waals surface area contributed by atoms with Crippen LogP contribution >= 0.6 is 0 Å². The zero-order chi connectivity index (χ0) is 41.4. The van der Waals surface area contributed by atoms with Crippen LogP contribution in [0.1, 0.15) is 19.0 Å². The molecule has 0 fully saturated rings. The molecule has 0 aliphatic carbocycles. The topological polar surface area (TPSA) is 90.5 Å². The van der Waals surface area contributed by atoms with Crippen LogP contribution in [-0.4, -0.2) is 24.9 Å². The SMILES string of the molecule is CC/C=C\C=C(/N)c1cccc(-c2cccc(-c3cc(-c4cccc(-c5cccc(-c6ccccn6)n5)c4)cc(-c4cccc(-c5cccc(-c6ccccn6)n5)c4)c3)c2)n1. The number of rotatable bonds is 11. The zero-order valence-electron chi connectivity index (χ0n) is 33.7. The molecule has 61 heavy (non-hydrogen) atoms. The molecule has 9 aromatic rings. The summed E-state index contributed by atoms with van der Waals surface area (Å²) in [6.07, 6.45) is 10.5. The smallest absolute Gasteiger partial charge is 0.0893 e. The van der Waals surface area contributed by atoms with Crippen LogP contribution in [0.15, 0.2) is 213 Å². The molecule has 0 aliphatic rings. The molecule has 292 valence electrons. The summed E-state index contributed by atoms with van der Waals surface area (Å²) in [5.41, 5.74) is 23.3. The molecule has 0 bridgehead atoms. The van der Waals surface area contributed by atoms with Gasteiger partial charge in [-0.25, -0.2) is 15.0 Å². The first-order chi connectivity index (χ1) is 30.1. The van der Waals surface area contributed by atoms with Gasteiger partial charge in [0.25, 0.3) is 0 Å². The Morgan fingerprint density at radius 2 is 0.770 bits per heavy atom. The van der Waals surface area contributed by atoms with Crippen LogP contribution < -0.4 is 5.73 Å². The molecule has 0 saturated heterocycles. The van der Waals surface area contributed by atoms with Crippen LogP contribution in [0.3, 0.4) is 0 Å². The summed E-state index contributed by atoms with van der Waals surface area (Å²) in [5.74, 6) is 0. The van der Waals surface area contributed by atoms with E-state index in [1.165, 1.54) is 0 Å². The fraction of sp³-hybridized carbons (Fsp3) is 0.0364. The van der Waals surface area contributed by atoms with Gasteiger partial charge in [0, 0.05) is 29.1 Å². The van der Waals surface area contributed by atoms with Crippen LogP contribution in [-0.2, 0) is 0 Å². The monoisotopic (exact) mass is 786 g/mol. The minimum Gasteiger partial charge on any atom is -0.397 e. The second kappa shape index (κ2) is 17.8. The molecule has 6 heteroatoms. The van der Waals surface area contributed by atoms with Crippen LogP contribution in [0.5, 0.6) is 0 Å². The van der Waals surface area contributed by atoms with E-state index in [-0.39, 0.29) is 0 Å². The first-order valence-corrected chi connectivity index (χ1v) is 20.4. The molecular weight excluding hydrogens is 745 g/mol. The van der Waals surface area contributed by atoms with Gasteiger partial charge in [-0.05, 0) is 143 Å². The average molecular weight is 787 g/mol. The van der Waals surface area contributed by atoms with E-state index >= 15 is 0 Å². The highest BCUT2D eigenvalue weighted by Gasteiger charge is 2.13. The molecule has 4 aromatic carbocycles. The van der Waals surface area contributed by atoms with Crippen LogP contribution in [0.25, 0.3) is 95.6 Å². The molecule has 2 N–H and O–H groups in total. The normalized spacial score (nSPS) is 11.5. The van der Waals surface area contributed by atoms with Crippen LogP contribution in [0.2, 0.25) is 0 Å². The maximum Gasteiger partial charge on any atom is 0.0893 e. The lowest BCUT2D eigenvalue weighted by molar-refractivity contribution is 1.22. The van der Waals surface area contributed by atoms with E-state index in [0.29, 0.717) is 5.70 Å². The Kier molecular flexibility index (Phi) is 11.2.